The largest absolute Gasteiger partial charge is 0.271 e. The van der Waals surface area contributed by atoms with E-state index < -0.39 is 0 Å². The first-order valence-electron chi connectivity index (χ1n) is 8.20. The van der Waals surface area contributed by atoms with Crippen LogP contribution in [0.1, 0.15) is 58.9 Å². The Morgan fingerprint density at radius 1 is 1.00 bits per heavy atom. The quantitative estimate of drug-likeness (QED) is 0.647. The number of hydrogen-bond donors (Lipinski definition) is 1. The third-order valence-electron chi connectivity index (χ3n) is 4.11. The van der Waals surface area contributed by atoms with E-state index >= 15 is 0 Å². The van der Waals surface area contributed by atoms with Crippen LogP contribution in [0.4, 0.5) is 0 Å². The van der Waals surface area contributed by atoms with E-state index in [9.17, 15) is 4.79 Å². The molecule has 3 heteroatoms. The summed E-state index contributed by atoms with van der Waals surface area (Å²) >= 11 is 0. The molecule has 0 unspecified atom stereocenters. The fourth-order valence-electron chi connectivity index (χ4n) is 2.74. The number of hydrazone groups is 1. The smallest absolute Gasteiger partial charge is 0.267 e. The normalized spacial score (nSPS) is 11.8. The van der Waals surface area contributed by atoms with Crippen LogP contribution in [0.15, 0.2) is 41.5 Å². The minimum absolute atomic E-state index is 0.0770. The monoisotopic (exact) mass is 322 g/mol. The first kappa shape index (κ1) is 17.9. The molecule has 0 fully saturated rings. The Morgan fingerprint density at radius 2 is 1.54 bits per heavy atom. The van der Waals surface area contributed by atoms with Gasteiger partial charge in [0.25, 0.3) is 5.91 Å². The first-order chi connectivity index (χ1) is 11.2. The maximum atomic E-state index is 12.2. The van der Waals surface area contributed by atoms with Gasteiger partial charge in [-0.2, -0.15) is 5.10 Å². The fraction of sp³-hybridized carbons (Fsp3) is 0.333. The lowest BCUT2D eigenvalue weighted by molar-refractivity contribution is 0.0955. The van der Waals surface area contributed by atoms with Gasteiger partial charge in [-0.05, 0) is 55.0 Å². The van der Waals surface area contributed by atoms with Crippen molar-refractivity contribution in [1.29, 1.82) is 0 Å². The van der Waals surface area contributed by atoms with Gasteiger partial charge in [0.2, 0.25) is 0 Å². The molecule has 126 valence electrons. The molecule has 0 radical (unpaired) electrons. The van der Waals surface area contributed by atoms with E-state index in [2.05, 4.69) is 50.4 Å². The van der Waals surface area contributed by atoms with E-state index in [-0.39, 0.29) is 11.3 Å². The average Bonchev–Trinajstić information content (AvgIpc) is 2.49. The van der Waals surface area contributed by atoms with E-state index in [0.29, 0.717) is 5.56 Å². The zero-order valence-electron chi connectivity index (χ0n) is 15.4. The molecule has 0 heterocycles. The van der Waals surface area contributed by atoms with Crippen LogP contribution in [0.5, 0.6) is 0 Å². The molecular weight excluding hydrogens is 296 g/mol. The van der Waals surface area contributed by atoms with Gasteiger partial charge in [-0.25, -0.2) is 5.43 Å². The molecule has 24 heavy (non-hydrogen) atoms. The summed E-state index contributed by atoms with van der Waals surface area (Å²) in [5.74, 6) is -0.200. The van der Waals surface area contributed by atoms with E-state index in [1.165, 1.54) is 11.1 Å². The topological polar surface area (TPSA) is 41.5 Å². The summed E-state index contributed by atoms with van der Waals surface area (Å²) in [5.41, 5.74) is 9.07. The summed E-state index contributed by atoms with van der Waals surface area (Å²) in [4.78, 5) is 12.2. The van der Waals surface area contributed by atoms with Gasteiger partial charge in [0.05, 0.1) is 6.21 Å². The SMILES string of the molecule is Cc1cc(C)c(C=NNC(=O)c2ccc(C(C)(C)C)cc2)c(C)c1. The summed E-state index contributed by atoms with van der Waals surface area (Å²) < 4.78 is 0. The van der Waals surface area contributed by atoms with Gasteiger partial charge in [-0.1, -0.05) is 50.6 Å². The maximum absolute atomic E-state index is 12.2. The van der Waals surface area contributed by atoms with Crippen molar-refractivity contribution in [1.82, 2.24) is 5.43 Å². The predicted octanol–water partition coefficient (Wildman–Crippen LogP) is 4.67. The number of carbonyl (C=O) groups is 1. The molecule has 2 rings (SSSR count). The van der Waals surface area contributed by atoms with Crippen LogP contribution < -0.4 is 5.43 Å². The molecule has 0 spiro atoms. The molecule has 3 nitrogen and oxygen atoms in total. The van der Waals surface area contributed by atoms with E-state index in [1.807, 2.05) is 38.1 Å². The van der Waals surface area contributed by atoms with Crippen LogP contribution in [0.3, 0.4) is 0 Å². The second-order valence-corrected chi connectivity index (χ2v) is 7.34. The van der Waals surface area contributed by atoms with E-state index in [1.54, 1.807) is 6.21 Å². The number of hydrogen-bond acceptors (Lipinski definition) is 2. The second kappa shape index (κ2) is 7.00. The molecule has 2 aromatic carbocycles. The van der Waals surface area contributed by atoms with Crippen LogP contribution in [0.25, 0.3) is 0 Å². The Morgan fingerprint density at radius 3 is 2.04 bits per heavy atom. The Labute approximate surface area is 144 Å². The summed E-state index contributed by atoms with van der Waals surface area (Å²) in [6, 6.07) is 11.9. The molecule has 0 aliphatic carbocycles. The van der Waals surface area contributed by atoms with Crippen molar-refractivity contribution in [2.24, 2.45) is 5.10 Å². The lowest BCUT2D eigenvalue weighted by atomic mass is 9.87. The average molecular weight is 322 g/mol. The van der Waals surface area contributed by atoms with Crippen molar-refractivity contribution in [3.63, 3.8) is 0 Å². The molecule has 0 saturated heterocycles. The Kier molecular flexibility index (Phi) is 5.23. The third-order valence-corrected chi connectivity index (χ3v) is 4.11. The summed E-state index contributed by atoms with van der Waals surface area (Å²) in [6.07, 6.45) is 1.71. The van der Waals surface area contributed by atoms with Crippen molar-refractivity contribution < 1.29 is 4.79 Å². The Hall–Kier alpha value is -2.42. The highest BCUT2D eigenvalue weighted by Crippen LogP contribution is 2.22. The van der Waals surface area contributed by atoms with Crippen LogP contribution >= 0.6 is 0 Å². The number of nitrogens with one attached hydrogen (secondary N) is 1. The van der Waals surface area contributed by atoms with Crippen LogP contribution in [0, 0.1) is 20.8 Å². The van der Waals surface area contributed by atoms with Crippen molar-refractivity contribution in [2.45, 2.75) is 47.0 Å². The van der Waals surface area contributed by atoms with Gasteiger partial charge in [0.15, 0.2) is 0 Å². The van der Waals surface area contributed by atoms with E-state index in [0.717, 1.165) is 16.7 Å². The van der Waals surface area contributed by atoms with Gasteiger partial charge < -0.3 is 0 Å². The standard InChI is InChI=1S/C21H26N2O/c1-14-11-15(2)19(16(3)12-14)13-22-23-20(24)17-7-9-18(10-8-17)21(4,5)6/h7-13H,1-6H3,(H,23,24). The number of nitrogens with zero attached hydrogens (tertiary/aromatic N) is 1. The lowest BCUT2D eigenvalue weighted by Gasteiger charge is -2.18. The summed E-state index contributed by atoms with van der Waals surface area (Å²) in [7, 11) is 0. The van der Waals surface area contributed by atoms with Gasteiger partial charge in [0.1, 0.15) is 0 Å². The van der Waals surface area contributed by atoms with Crippen LogP contribution in [0.2, 0.25) is 0 Å². The van der Waals surface area contributed by atoms with Gasteiger partial charge in [-0.15, -0.1) is 0 Å². The van der Waals surface area contributed by atoms with Crippen molar-refractivity contribution in [2.75, 3.05) is 0 Å². The van der Waals surface area contributed by atoms with Crippen molar-refractivity contribution in [3.05, 3.63) is 69.8 Å². The molecule has 0 atom stereocenters. The Bertz CT molecular complexity index is 742. The zero-order valence-corrected chi connectivity index (χ0v) is 15.4. The predicted molar refractivity (Wildman–Crippen MR) is 101 cm³/mol. The zero-order chi connectivity index (χ0) is 17.9. The number of carbonyl (C=O) groups excluding carboxylic acids is 1. The highest BCUT2D eigenvalue weighted by atomic mass is 16.2. The molecular formula is C21H26N2O. The third kappa shape index (κ3) is 4.31. The van der Waals surface area contributed by atoms with Crippen LogP contribution in [-0.4, -0.2) is 12.1 Å². The highest BCUT2D eigenvalue weighted by molar-refractivity contribution is 5.95. The maximum Gasteiger partial charge on any atom is 0.271 e. The molecule has 0 aliphatic heterocycles. The fourth-order valence-corrected chi connectivity index (χ4v) is 2.74. The summed E-state index contributed by atoms with van der Waals surface area (Å²) in [6.45, 7) is 12.6. The highest BCUT2D eigenvalue weighted by Gasteiger charge is 2.14. The molecule has 1 amide bonds. The lowest BCUT2D eigenvalue weighted by Crippen LogP contribution is -2.18. The first-order valence-corrected chi connectivity index (χ1v) is 8.20. The van der Waals surface area contributed by atoms with Crippen LogP contribution in [-0.2, 0) is 5.41 Å². The minimum atomic E-state index is -0.200. The number of aryl methyl sites for hydroxylation is 3. The molecule has 0 aromatic heterocycles. The number of amides is 1. The van der Waals surface area contributed by atoms with Gasteiger partial charge in [0, 0.05) is 11.1 Å². The van der Waals surface area contributed by atoms with Crippen molar-refractivity contribution in [3.8, 4) is 0 Å². The minimum Gasteiger partial charge on any atom is -0.267 e. The second-order valence-electron chi connectivity index (χ2n) is 7.34. The number of benzene rings is 2. The molecule has 0 saturated carbocycles. The number of rotatable bonds is 3. The summed E-state index contributed by atoms with van der Waals surface area (Å²) in [5, 5.41) is 4.12. The van der Waals surface area contributed by atoms with Crippen molar-refractivity contribution >= 4 is 12.1 Å². The molecule has 2 aromatic rings. The van der Waals surface area contributed by atoms with Gasteiger partial charge >= 0.3 is 0 Å². The van der Waals surface area contributed by atoms with Gasteiger partial charge in [-0.3, -0.25) is 4.79 Å². The van der Waals surface area contributed by atoms with E-state index in [4.69, 9.17) is 0 Å². The molecule has 1 N–H and O–H groups in total. The Balaban J connectivity index is 2.08. The molecule has 0 bridgehead atoms. The molecule has 0 aliphatic rings.